The van der Waals surface area contributed by atoms with Gasteiger partial charge < -0.3 is 14.2 Å². The number of carbonyl (C=O) groups is 1. The van der Waals surface area contributed by atoms with Crippen molar-refractivity contribution in [3.05, 3.63) is 58.1 Å². The molecule has 0 saturated heterocycles. The molecule has 0 aliphatic heterocycles. The standard InChI is InChI=1S/C23H21ClN4O4S2/c1-14-4-6-19(20(10-14)30-2)32-9-8-31-18-7-5-15(12-17(18)24)11-16(13-25)21(29)26-22-27-23(33-3)28-34-22/h4-7,10-12H,8-9H2,1-3H3,(H,26,27,28,29)/b16-11-. The van der Waals surface area contributed by atoms with Crippen LogP contribution in [0.2, 0.25) is 5.02 Å². The molecule has 0 saturated carbocycles. The molecule has 1 amide bonds. The Bertz CT molecular complexity index is 1240. The molecule has 0 fully saturated rings. The number of hydrogen-bond donors (Lipinski definition) is 1. The van der Waals surface area contributed by atoms with E-state index in [9.17, 15) is 10.1 Å². The van der Waals surface area contributed by atoms with Crippen molar-refractivity contribution < 1.29 is 19.0 Å². The van der Waals surface area contributed by atoms with Crippen molar-refractivity contribution >= 4 is 52.0 Å². The molecule has 34 heavy (non-hydrogen) atoms. The van der Waals surface area contributed by atoms with Gasteiger partial charge in [0.2, 0.25) is 10.3 Å². The van der Waals surface area contributed by atoms with Gasteiger partial charge in [-0.25, -0.2) is 0 Å². The Balaban J connectivity index is 1.58. The summed E-state index contributed by atoms with van der Waals surface area (Å²) in [5.41, 5.74) is 1.56. The lowest BCUT2D eigenvalue weighted by atomic mass is 10.1. The number of methoxy groups -OCH3 is 1. The van der Waals surface area contributed by atoms with Crippen molar-refractivity contribution in [2.24, 2.45) is 0 Å². The highest BCUT2D eigenvalue weighted by molar-refractivity contribution is 7.98. The molecule has 0 radical (unpaired) electrons. The van der Waals surface area contributed by atoms with E-state index in [1.165, 1.54) is 17.8 Å². The van der Waals surface area contributed by atoms with E-state index in [4.69, 9.17) is 25.8 Å². The number of aryl methyl sites for hydroxylation is 1. The van der Waals surface area contributed by atoms with Gasteiger partial charge in [-0.3, -0.25) is 10.1 Å². The number of amides is 1. The summed E-state index contributed by atoms with van der Waals surface area (Å²) in [6, 6.07) is 12.6. The van der Waals surface area contributed by atoms with Gasteiger partial charge in [-0.1, -0.05) is 35.5 Å². The number of aromatic nitrogens is 2. The molecule has 0 unspecified atom stereocenters. The average molecular weight is 517 g/mol. The molecule has 0 spiro atoms. The minimum atomic E-state index is -0.577. The maximum atomic E-state index is 12.4. The maximum Gasteiger partial charge on any atom is 0.268 e. The minimum Gasteiger partial charge on any atom is -0.493 e. The molecule has 1 heterocycles. The van der Waals surface area contributed by atoms with Crippen LogP contribution < -0.4 is 19.5 Å². The van der Waals surface area contributed by atoms with Gasteiger partial charge in [-0.15, -0.1) is 0 Å². The Morgan fingerprint density at radius 1 is 1.21 bits per heavy atom. The summed E-state index contributed by atoms with van der Waals surface area (Å²) < 4.78 is 20.8. The second kappa shape index (κ2) is 12.3. The molecule has 1 aromatic heterocycles. The quantitative estimate of drug-likeness (QED) is 0.169. The highest BCUT2D eigenvalue weighted by Crippen LogP contribution is 2.29. The van der Waals surface area contributed by atoms with E-state index in [1.54, 1.807) is 25.3 Å². The molecule has 11 heteroatoms. The second-order valence-corrected chi connectivity index (χ2v) is 8.68. The van der Waals surface area contributed by atoms with Crippen LogP contribution >= 0.6 is 34.9 Å². The molecule has 0 atom stereocenters. The lowest BCUT2D eigenvalue weighted by molar-refractivity contribution is -0.112. The first-order valence-corrected chi connectivity index (χ1v) is 12.3. The fourth-order valence-corrected chi connectivity index (χ4v) is 4.11. The Labute approximate surface area is 210 Å². The maximum absolute atomic E-state index is 12.4. The fraction of sp³-hybridized carbons (Fsp3) is 0.217. The molecular formula is C23H21ClN4O4S2. The Morgan fingerprint density at radius 3 is 2.59 bits per heavy atom. The third-order valence-corrected chi connectivity index (χ3v) is 5.95. The average Bonchev–Trinajstić information content (AvgIpc) is 3.29. The molecule has 176 valence electrons. The van der Waals surface area contributed by atoms with Crippen LogP contribution in [-0.4, -0.2) is 41.8 Å². The molecule has 0 aliphatic carbocycles. The number of anilines is 1. The highest BCUT2D eigenvalue weighted by Gasteiger charge is 2.13. The highest BCUT2D eigenvalue weighted by atomic mass is 35.5. The first kappa shape index (κ1) is 25.4. The van der Waals surface area contributed by atoms with Crippen LogP contribution in [0.25, 0.3) is 6.08 Å². The summed E-state index contributed by atoms with van der Waals surface area (Å²) in [5.74, 6) is 1.16. The van der Waals surface area contributed by atoms with E-state index in [0.29, 0.717) is 44.7 Å². The number of ether oxygens (including phenoxy) is 3. The van der Waals surface area contributed by atoms with E-state index in [-0.39, 0.29) is 12.2 Å². The number of nitrogens with one attached hydrogen (secondary N) is 1. The molecule has 2 aromatic carbocycles. The number of carbonyl (C=O) groups excluding carboxylic acids is 1. The summed E-state index contributed by atoms with van der Waals surface area (Å²) in [7, 11) is 1.59. The predicted molar refractivity (Wildman–Crippen MR) is 134 cm³/mol. The van der Waals surface area contributed by atoms with Crippen LogP contribution in [-0.2, 0) is 4.79 Å². The van der Waals surface area contributed by atoms with Crippen LogP contribution in [0.15, 0.2) is 47.1 Å². The van der Waals surface area contributed by atoms with Crippen LogP contribution in [0.4, 0.5) is 5.13 Å². The predicted octanol–water partition coefficient (Wildman–Crippen LogP) is 5.23. The molecule has 0 bridgehead atoms. The second-order valence-electron chi connectivity index (χ2n) is 6.75. The topological polar surface area (TPSA) is 106 Å². The first-order chi connectivity index (χ1) is 16.4. The van der Waals surface area contributed by atoms with E-state index in [2.05, 4.69) is 14.7 Å². The SMILES string of the molecule is COc1cc(C)ccc1OCCOc1ccc(/C=C(/C#N)C(=O)Nc2nc(SC)ns2)cc1Cl. The van der Waals surface area contributed by atoms with E-state index in [0.717, 1.165) is 17.1 Å². The Kier molecular flexibility index (Phi) is 9.16. The van der Waals surface area contributed by atoms with E-state index < -0.39 is 5.91 Å². The molecule has 1 N–H and O–H groups in total. The van der Waals surface area contributed by atoms with E-state index in [1.807, 2.05) is 37.4 Å². The van der Waals surface area contributed by atoms with Gasteiger partial charge >= 0.3 is 0 Å². The van der Waals surface area contributed by atoms with E-state index >= 15 is 0 Å². The fourth-order valence-electron chi connectivity index (χ4n) is 2.74. The smallest absolute Gasteiger partial charge is 0.268 e. The number of nitrogens with zero attached hydrogens (tertiary/aromatic N) is 3. The van der Waals surface area contributed by atoms with Gasteiger partial charge in [0.15, 0.2) is 11.5 Å². The monoisotopic (exact) mass is 516 g/mol. The lowest BCUT2D eigenvalue weighted by Gasteiger charge is -2.12. The first-order valence-electron chi connectivity index (χ1n) is 9.94. The molecule has 3 rings (SSSR count). The summed E-state index contributed by atoms with van der Waals surface area (Å²) in [6.45, 7) is 2.53. The van der Waals surface area contributed by atoms with Gasteiger partial charge in [-0.2, -0.15) is 14.6 Å². The van der Waals surface area contributed by atoms with Crippen molar-refractivity contribution in [2.45, 2.75) is 12.1 Å². The van der Waals surface area contributed by atoms with Gasteiger partial charge in [0, 0.05) is 11.5 Å². The number of hydrogen-bond acceptors (Lipinski definition) is 9. The molecular weight excluding hydrogens is 496 g/mol. The molecule has 8 nitrogen and oxygen atoms in total. The number of nitriles is 1. The summed E-state index contributed by atoms with van der Waals surface area (Å²) >= 11 is 8.74. The number of rotatable bonds is 10. The number of thioether (sulfide) groups is 1. The van der Waals surface area contributed by atoms with Crippen LogP contribution in [0.5, 0.6) is 17.2 Å². The lowest BCUT2D eigenvalue weighted by Crippen LogP contribution is -2.13. The van der Waals surface area contributed by atoms with Gasteiger partial charge in [0.05, 0.1) is 12.1 Å². The van der Waals surface area contributed by atoms with Crippen molar-refractivity contribution in [3.8, 4) is 23.3 Å². The number of halogens is 1. The summed E-state index contributed by atoms with van der Waals surface area (Å²) in [6.07, 6.45) is 3.27. The van der Waals surface area contributed by atoms with Crippen molar-refractivity contribution in [2.75, 3.05) is 31.9 Å². The van der Waals surface area contributed by atoms with Crippen molar-refractivity contribution in [3.63, 3.8) is 0 Å². The van der Waals surface area contributed by atoms with Gasteiger partial charge in [-0.05, 0) is 54.6 Å². The molecule has 0 aliphatic rings. The van der Waals surface area contributed by atoms with Gasteiger partial charge in [0.25, 0.3) is 5.91 Å². The third-order valence-electron chi connectivity index (χ3n) is 4.36. The molecule has 3 aromatic rings. The third kappa shape index (κ3) is 6.87. The normalized spacial score (nSPS) is 11.0. The van der Waals surface area contributed by atoms with Crippen molar-refractivity contribution in [1.82, 2.24) is 9.36 Å². The zero-order valence-electron chi connectivity index (χ0n) is 18.6. The zero-order valence-corrected chi connectivity index (χ0v) is 21.0. The summed E-state index contributed by atoms with van der Waals surface area (Å²) in [5, 5.41) is 13.2. The van der Waals surface area contributed by atoms with Crippen molar-refractivity contribution in [1.29, 1.82) is 5.26 Å². The van der Waals surface area contributed by atoms with Gasteiger partial charge in [0.1, 0.15) is 30.6 Å². The number of benzene rings is 2. The minimum absolute atomic E-state index is 0.0916. The largest absolute Gasteiger partial charge is 0.493 e. The Hall–Kier alpha value is -3.26. The van der Waals surface area contributed by atoms with Crippen LogP contribution in [0.3, 0.4) is 0 Å². The Morgan fingerprint density at radius 2 is 1.94 bits per heavy atom. The zero-order chi connectivity index (χ0) is 24.5. The van der Waals surface area contributed by atoms with Crippen LogP contribution in [0.1, 0.15) is 11.1 Å². The summed E-state index contributed by atoms with van der Waals surface area (Å²) in [4.78, 5) is 16.5. The van der Waals surface area contributed by atoms with Crippen LogP contribution in [0, 0.1) is 18.3 Å².